The molecule has 0 fully saturated rings. The van der Waals surface area contributed by atoms with Crippen molar-refractivity contribution in [3.05, 3.63) is 34.6 Å². The van der Waals surface area contributed by atoms with Crippen LogP contribution in [0, 0.1) is 10.1 Å². The molecule has 0 aromatic carbocycles. The minimum absolute atomic E-state index is 0.105. The lowest BCUT2D eigenvalue weighted by Gasteiger charge is -1.82. The van der Waals surface area contributed by atoms with Gasteiger partial charge in [0.15, 0.2) is 12.4 Å². The Kier molecular flexibility index (Phi) is 1.40. The molecule has 0 aliphatic rings. The normalized spacial score (nSPS) is 8.89. The van der Waals surface area contributed by atoms with Crippen molar-refractivity contribution in [1.82, 2.24) is 0 Å². The van der Waals surface area contributed by atoms with Crippen LogP contribution in [0.2, 0.25) is 0 Å². The summed E-state index contributed by atoms with van der Waals surface area (Å²) in [5.41, 5.74) is 0.105. The van der Waals surface area contributed by atoms with E-state index in [9.17, 15) is 10.1 Å². The first-order valence-corrected chi connectivity index (χ1v) is 2.41. The molecule has 0 saturated heterocycles. The summed E-state index contributed by atoms with van der Waals surface area (Å²) in [6.07, 6.45) is 3.02. The van der Waals surface area contributed by atoms with Crippen LogP contribution in [0.3, 0.4) is 0 Å². The fourth-order valence-corrected chi connectivity index (χ4v) is 0.500. The van der Waals surface area contributed by atoms with Gasteiger partial charge in [-0.1, -0.05) is 0 Å². The predicted octanol–water partition coefficient (Wildman–Crippen LogP) is 0.409. The van der Waals surface area contributed by atoms with Crippen LogP contribution in [0.1, 0.15) is 0 Å². The maximum absolute atomic E-state index is 9.99. The molecular formula is C5H5N2O2+. The first-order chi connectivity index (χ1) is 4.30. The molecule has 1 heterocycles. The molecule has 0 unspecified atom stereocenters. The highest BCUT2D eigenvalue weighted by molar-refractivity contribution is 5.22. The van der Waals surface area contributed by atoms with Crippen LogP contribution in [-0.2, 0) is 0 Å². The molecule has 0 radical (unpaired) electrons. The van der Waals surface area contributed by atoms with Crippen LogP contribution in [0.15, 0.2) is 24.5 Å². The van der Waals surface area contributed by atoms with E-state index < -0.39 is 4.92 Å². The highest BCUT2D eigenvalue weighted by atomic mass is 16.6. The first-order valence-electron chi connectivity index (χ1n) is 2.41. The number of nitro groups is 1. The van der Waals surface area contributed by atoms with Crippen LogP contribution in [0.25, 0.3) is 0 Å². The number of hydrogen-bond acceptors (Lipinski definition) is 2. The molecule has 0 amide bonds. The third-order valence-electron chi connectivity index (χ3n) is 0.911. The number of hydrogen-bond donors (Lipinski definition) is 0. The smallest absolute Gasteiger partial charge is 0.258 e. The fourth-order valence-electron chi connectivity index (χ4n) is 0.500. The van der Waals surface area contributed by atoms with Gasteiger partial charge in [-0.2, -0.15) is 0 Å². The van der Waals surface area contributed by atoms with Crippen LogP contribution in [0.5, 0.6) is 0 Å². The lowest BCUT2D eigenvalue weighted by atomic mass is 10.4. The highest BCUT2D eigenvalue weighted by Crippen LogP contribution is 2.03. The maximum Gasteiger partial charge on any atom is 0.281 e. The molecule has 0 bridgehead atoms. The lowest BCUT2D eigenvalue weighted by Crippen LogP contribution is -1.98. The van der Waals surface area contributed by atoms with E-state index in [0.717, 1.165) is 0 Å². The minimum Gasteiger partial charge on any atom is -0.258 e. The number of nitrogens with one attached hydrogen (secondary N) is 1. The van der Waals surface area contributed by atoms with Crippen molar-refractivity contribution in [3.63, 3.8) is 0 Å². The molecule has 1 aromatic heterocycles. The number of pyridine rings is 1. The average Bonchev–Trinajstić information content (AvgIpc) is 1.90. The predicted molar refractivity (Wildman–Crippen MR) is 29.7 cm³/mol. The van der Waals surface area contributed by atoms with Crippen LogP contribution in [-0.4, -0.2) is 4.92 Å². The van der Waals surface area contributed by atoms with Gasteiger partial charge in [-0.3, -0.25) is 10.1 Å². The third kappa shape index (κ3) is 1.22. The highest BCUT2D eigenvalue weighted by Gasteiger charge is 2.02. The zero-order valence-corrected chi connectivity index (χ0v) is 4.57. The number of H-pyrrole nitrogens is 1. The fraction of sp³-hybridized carbons (Fsp3) is 0. The Balaban J connectivity index is 2.98. The van der Waals surface area contributed by atoms with Crippen molar-refractivity contribution in [3.8, 4) is 0 Å². The van der Waals surface area contributed by atoms with E-state index in [1.54, 1.807) is 0 Å². The van der Waals surface area contributed by atoms with Crippen LogP contribution in [0.4, 0.5) is 5.69 Å². The topological polar surface area (TPSA) is 57.3 Å². The molecule has 0 saturated carbocycles. The molecule has 0 atom stereocenters. The van der Waals surface area contributed by atoms with Gasteiger partial charge >= 0.3 is 0 Å². The largest absolute Gasteiger partial charge is 0.281 e. The molecule has 1 rings (SSSR count). The quantitative estimate of drug-likeness (QED) is 0.403. The van der Waals surface area contributed by atoms with Crippen molar-refractivity contribution in [2.75, 3.05) is 0 Å². The van der Waals surface area contributed by atoms with Crippen molar-refractivity contribution in [2.24, 2.45) is 0 Å². The SMILES string of the molecule is O=[N+]([O-])c1cc[nH+]cc1. The van der Waals surface area contributed by atoms with Gasteiger partial charge in [0.1, 0.15) is 0 Å². The molecule has 0 aliphatic heterocycles. The van der Waals surface area contributed by atoms with Gasteiger partial charge in [0.2, 0.25) is 0 Å². The number of rotatable bonds is 1. The summed E-state index contributed by atoms with van der Waals surface area (Å²) in [6.45, 7) is 0. The summed E-state index contributed by atoms with van der Waals surface area (Å²) < 4.78 is 0. The molecule has 46 valence electrons. The molecule has 4 nitrogen and oxygen atoms in total. The third-order valence-corrected chi connectivity index (χ3v) is 0.911. The maximum atomic E-state index is 9.99. The summed E-state index contributed by atoms with van der Waals surface area (Å²) in [7, 11) is 0. The monoisotopic (exact) mass is 125 g/mol. The molecule has 1 N–H and O–H groups in total. The zero-order valence-electron chi connectivity index (χ0n) is 4.57. The summed E-state index contributed by atoms with van der Waals surface area (Å²) in [6, 6.07) is 2.81. The molecule has 0 spiro atoms. The van der Waals surface area contributed by atoms with Gasteiger partial charge in [0, 0.05) is 0 Å². The zero-order chi connectivity index (χ0) is 6.69. The van der Waals surface area contributed by atoms with Gasteiger partial charge in [0.25, 0.3) is 5.69 Å². The number of aromatic amines is 1. The van der Waals surface area contributed by atoms with Gasteiger partial charge in [-0.25, -0.2) is 4.98 Å². The molecule has 1 aromatic rings. The summed E-state index contributed by atoms with van der Waals surface area (Å²) in [5.74, 6) is 0. The van der Waals surface area contributed by atoms with E-state index in [1.807, 2.05) is 0 Å². The van der Waals surface area contributed by atoms with Crippen molar-refractivity contribution in [1.29, 1.82) is 0 Å². The summed E-state index contributed by atoms with van der Waals surface area (Å²) in [4.78, 5) is 12.2. The molecule has 4 heteroatoms. The van der Waals surface area contributed by atoms with E-state index in [-0.39, 0.29) is 5.69 Å². The first kappa shape index (κ1) is 5.68. The van der Waals surface area contributed by atoms with Crippen molar-refractivity contribution >= 4 is 5.69 Å². The average molecular weight is 125 g/mol. The van der Waals surface area contributed by atoms with E-state index >= 15 is 0 Å². The van der Waals surface area contributed by atoms with Gasteiger partial charge in [-0.15, -0.1) is 0 Å². The number of aromatic nitrogens is 1. The van der Waals surface area contributed by atoms with Crippen LogP contribution < -0.4 is 4.98 Å². The van der Waals surface area contributed by atoms with E-state index in [4.69, 9.17) is 0 Å². The lowest BCUT2D eigenvalue weighted by molar-refractivity contribution is -0.398. The Morgan fingerprint density at radius 2 is 2.00 bits per heavy atom. The second-order valence-corrected chi connectivity index (χ2v) is 1.52. The molecule has 9 heavy (non-hydrogen) atoms. The second kappa shape index (κ2) is 2.21. The van der Waals surface area contributed by atoms with Crippen molar-refractivity contribution in [2.45, 2.75) is 0 Å². The molecule has 0 aliphatic carbocycles. The Bertz CT molecular complexity index is 209. The van der Waals surface area contributed by atoms with E-state index in [1.165, 1.54) is 24.5 Å². The Morgan fingerprint density at radius 1 is 1.44 bits per heavy atom. The Hall–Kier alpha value is -1.45. The minimum atomic E-state index is -0.437. The Labute approximate surface area is 51.3 Å². The van der Waals surface area contributed by atoms with Crippen LogP contribution >= 0.6 is 0 Å². The summed E-state index contributed by atoms with van der Waals surface area (Å²) in [5, 5.41) is 9.99. The van der Waals surface area contributed by atoms with E-state index in [2.05, 4.69) is 4.98 Å². The number of nitrogens with zero attached hydrogens (tertiary/aromatic N) is 1. The Morgan fingerprint density at radius 3 is 2.33 bits per heavy atom. The van der Waals surface area contributed by atoms with Crippen molar-refractivity contribution < 1.29 is 9.91 Å². The standard InChI is InChI=1S/C5H4N2O2/c8-7(9)5-1-3-6-4-2-5/h1-4H/p+1. The van der Waals surface area contributed by atoms with Gasteiger partial charge < -0.3 is 0 Å². The second-order valence-electron chi connectivity index (χ2n) is 1.52. The molecular weight excluding hydrogens is 120 g/mol. The summed E-state index contributed by atoms with van der Waals surface area (Å²) >= 11 is 0. The van der Waals surface area contributed by atoms with Gasteiger partial charge in [-0.05, 0) is 0 Å². The van der Waals surface area contributed by atoms with Gasteiger partial charge in [0.05, 0.1) is 17.1 Å². The van der Waals surface area contributed by atoms with E-state index in [0.29, 0.717) is 0 Å².